The lowest BCUT2D eigenvalue weighted by molar-refractivity contribution is -0.142. The molecular weight excluding hydrogens is 318 g/mol. The van der Waals surface area contributed by atoms with Gasteiger partial charge in [0.25, 0.3) is 0 Å². The normalized spacial score (nSPS) is 10.4. The number of para-hydroxylation sites is 2. The molecule has 0 bridgehead atoms. The van der Waals surface area contributed by atoms with E-state index < -0.39 is 0 Å². The lowest BCUT2D eigenvalue weighted by Crippen LogP contribution is -2.12. The van der Waals surface area contributed by atoms with Crippen molar-refractivity contribution in [2.45, 2.75) is 19.9 Å². The number of anilines is 1. The second-order valence-electron chi connectivity index (χ2n) is 5.33. The Kier molecular flexibility index (Phi) is 5.36. The molecule has 0 radical (unpaired) electrons. The zero-order chi connectivity index (χ0) is 17.5. The van der Waals surface area contributed by atoms with E-state index >= 15 is 0 Å². The minimum absolute atomic E-state index is 0.223. The summed E-state index contributed by atoms with van der Waals surface area (Å²) in [6.07, 6.45) is 0.223. The van der Waals surface area contributed by atoms with Gasteiger partial charge in [-0.3, -0.25) is 4.79 Å². The summed E-state index contributed by atoms with van der Waals surface area (Å²) >= 11 is 0. The lowest BCUT2D eigenvalue weighted by atomic mass is 10.1. The van der Waals surface area contributed by atoms with Crippen LogP contribution in [0.25, 0.3) is 5.69 Å². The van der Waals surface area contributed by atoms with Crippen LogP contribution in [0.5, 0.6) is 0 Å². The molecule has 1 heterocycles. The number of nitrogens with one attached hydrogen (secondary N) is 1. The minimum atomic E-state index is -0.245. The highest BCUT2D eigenvalue weighted by molar-refractivity contribution is 5.75. The van der Waals surface area contributed by atoms with Crippen LogP contribution in [-0.2, 0) is 22.5 Å². The second-order valence-corrected chi connectivity index (χ2v) is 5.33. The van der Waals surface area contributed by atoms with Gasteiger partial charge in [0.1, 0.15) is 0 Å². The number of aromatic nitrogens is 4. The summed E-state index contributed by atoms with van der Waals surface area (Å²) in [6, 6.07) is 17.3. The molecule has 25 heavy (non-hydrogen) atoms. The van der Waals surface area contributed by atoms with E-state index in [1.54, 1.807) is 11.6 Å². The van der Waals surface area contributed by atoms with Crippen molar-refractivity contribution >= 4 is 11.7 Å². The smallest absolute Gasteiger partial charge is 0.310 e. The van der Waals surface area contributed by atoms with E-state index in [9.17, 15) is 4.79 Å². The van der Waals surface area contributed by atoms with Crippen molar-refractivity contribution in [1.82, 2.24) is 20.2 Å². The predicted molar refractivity (Wildman–Crippen MR) is 93.3 cm³/mol. The molecule has 3 aromatic rings. The van der Waals surface area contributed by atoms with Crippen LogP contribution in [0, 0.1) is 0 Å². The first-order valence-corrected chi connectivity index (χ1v) is 8.08. The van der Waals surface area contributed by atoms with Gasteiger partial charge < -0.3 is 10.1 Å². The van der Waals surface area contributed by atoms with Gasteiger partial charge in [0.15, 0.2) is 5.82 Å². The average molecular weight is 337 g/mol. The van der Waals surface area contributed by atoms with E-state index in [1.165, 1.54) is 0 Å². The molecule has 0 fully saturated rings. The Hall–Kier alpha value is -3.22. The Morgan fingerprint density at radius 3 is 2.68 bits per heavy atom. The zero-order valence-corrected chi connectivity index (χ0v) is 13.9. The van der Waals surface area contributed by atoms with Crippen LogP contribution in [0.1, 0.15) is 18.3 Å². The molecule has 7 nitrogen and oxygen atoms in total. The number of carbonyl (C=O) groups excluding carboxylic acids is 1. The van der Waals surface area contributed by atoms with Crippen molar-refractivity contribution in [3.8, 4) is 5.69 Å². The van der Waals surface area contributed by atoms with Crippen LogP contribution >= 0.6 is 0 Å². The number of ether oxygens (including phenoxy) is 1. The fourth-order valence-electron chi connectivity index (χ4n) is 2.47. The maximum Gasteiger partial charge on any atom is 0.310 e. The molecule has 0 saturated heterocycles. The van der Waals surface area contributed by atoms with Crippen LogP contribution < -0.4 is 5.32 Å². The molecule has 7 heteroatoms. The Morgan fingerprint density at radius 2 is 1.88 bits per heavy atom. The quantitative estimate of drug-likeness (QED) is 0.667. The van der Waals surface area contributed by atoms with E-state index in [0.717, 1.165) is 16.9 Å². The Morgan fingerprint density at radius 1 is 1.12 bits per heavy atom. The summed E-state index contributed by atoms with van der Waals surface area (Å²) in [5.41, 5.74) is 2.63. The summed E-state index contributed by atoms with van der Waals surface area (Å²) in [5.74, 6) is 0.433. The molecule has 1 aromatic heterocycles. The van der Waals surface area contributed by atoms with Crippen molar-refractivity contribution < 1.29 is 9.53 Å². The lowest BCUT2D eigenvalue weighted by Gasteiger charge is -2.11. The number of esters is 1. The van der Waals surface area contributed by atoms with Crippen molar-refractivity contribution in [3.05, 3.63) is 66.0 Å². The van der Waals surface area contributed by atoms with Crippen molar-refractivity contribution in [3.63, 3.8) is 0 Å². The average Bonchev–Trinajstić information content (AvgIpc) is 3.10. The third-order valence-electron chi connectivity index (χ3n) is 3.63. The van der Waals surface area contributed by atoms with E-state index in [2.05, 4.69) is 20.8 Å². The third kappa shape index (κ3) is 4.20. The molecule has 0 aliphatic rings. The van der Waals surface area contributed by atoms with Crippen molar-refractivity contribution in [2.24, 2.45) is 0 Å². The van der Waals surface area contributed by atoms with E-state index in [-0.39, 0.29) is 12.4 Å². The number of benzene rings is 2. The number of hydrogen-bond donors (Lipinski definition) is 1. The monoisotopic (exact) mass is 337 g/mol. The van der Waals surface area contributed by atoms with Gasteiger partial charge in [-0.1, -0.05) is 36.4 Å². The number of nitrogens with zero attached hydrogens (tertiary/aromatic N) is 4. The predicted octanol–water partition coefficient (Wildman–Crippen LogP) is 2.38. The van der Waals surface area contributed by atoms with E-state index in [1.807, 2.05) is 54.6 Å². The summed E-state index contributed by atoms with van der Waals surface area (Å²) in [4.78, 5) is 11.8. The molecule has 0 amide bonds. The highest BCUT2D eigenvalue weighted by atomic mass is 16.5. The van der Waals surface area contributed by atoms with Crippen LogP contribution in [0.15, 0.2) is 54.6 Å². The highest BCUT2D eigenvalue weighted by Gasteiger charge is 2.11. The molecule has 128 valence electrons. The summed E-state index contributed by atoms with van der Waals surface area (Å²) < 4.78 is 6.71. The maximum absolute atomic E-state index is 11.8. The Balaban J connectivity index is 1.73. The van der Waals surface area contributed by atoms with Crippen molar-refractivity contribution in [1.29, 1.82) is 0 Å². The number of hydrogen-bond acceptors (Lipinski definition) is 6. The SMILES string of the molecule is CCOC(=O)Cc1ccccc1NCc1nnnn1-c1ccccc1. The van der Waals surface area contributed by atoms with Gasteiger partial charge in [-0.15, -0.1) is 5.10 Å². The zero-order valence-electron chi connectivity index (χ0n) is 13.9. The molecule has 3 rings (SSSR count). The number of carbonyl (C=O) groups is 1. The highest BCUT2D eigenvalue weighted by Crippen LogP contribution is 2.17. The summed E-state index contributed by atoms with van der Waals surface area (Å²) in [5, 5.41) is 15.2. The Labute approximate surface area is 145 Å². The number of tetrazole rings is 1. The topological polar surface area (TPSA) is 81.9 Å². The molecule has 0 atom stereocenters. The molecule has 1 N–H and O–H groups in total. The first-order valence-electron chi connectivity index (χ1n) is 8.08. The molecule has 0 spiro atoms. The minimum Gasteiger partial charge on any atom is -0.466 e. The van der Waals surface area contributed by atoms with Crippen LogP contribution in [-0.4, -0.2) is 32.8 Å². The molecule has 0 aliphatic heterocycles. The van der Waals surface area contributed by atoms with E-state index in [0.29, 0.717) is 19.0 Å². The molecule has 2 aromatic carbocycles. The first-order chi connectivity index (χ1) is 12.3. The van der Waals surface area contributed by atoms with Crippen molar-refractivity contribution in [2.75, 3.05) is 11.9 Å². The number of rotatable bonds is 7. The van der Waals surface area contributed by atoms with Gasteiger partial charge in [0.05, 0.1) is 25.3 Å². The molecule has 0 saturated carbocycles. The van der Waals surface area contributed by atoms with Gasteiger partial charge in [-0.05, 0) is 41.1 Å². The van der Waals surface area contributed by atoms with Crippen LogP contribution in [0.3, 0.4) is 0 Å². The van der Waals surface area contributed by atoms with Gasteiger partial charge in [0.2, 0.25) is 0 Å². The van der Waals surface area contributed by atoms with Gasteiger partial charge in [0, 0.05) is 5.69 Å². The van der Waals surface area contributed by atoms with Crippen LogP contribution in [0.2, 0.25) is 0 Å². The van der Waals surface area contributed by atoms with Crippen LogP contribution in [0.4, 0.5) is 5.69 Å². The fraction of sp³-hybridized carbons (Fsp3) is 0.222. The summed E-state index contributed by atoms with van der Waals surface area (Å²) in [6.45, 7) is 2.60. The van der Waals surface area contributed by atoms with E-state index in [4.69, 9.17) is 4.74 Å². The molecular formula is C18H19N5O2. The van der Waals surface area contributed by atoms with Gasteiger partial charge in [-0.2, -0.15) is 4.68 Å². The largest absolute Gasteiger partial charge is 0.466 e. The third-order valence-corrected chi connectivity index (χ3v) is 3.63. The first kappa shape index (κ1) is 16.6. The maximum atomic E-state index is 11.8. The molecule has 0 aliphatic carbocycles. The standard InChI is InChI=1S/C18H19N5O2/c1-2-25-18(24)12-14-8-6-7-11-16(14)19-13-17-20-21-22-23(17)15-9-4-3-5-10-15/h3-11,19H,2,12-13H2,1H3. The Bertz CT molecular complexity index is 832. The fourth-order valence-corrected chi connectivity index (χ4v) is 2.47. The van der Waals surface area contributed by atoms with Gasteiger partial charge >= 0.3 is 5.97 Å². The summed E-state index contributed by atoms with van der Waals surface area (Å²) in [7, 11) is 0. The van der Waals surface area contributed by atoms with Gasteiger partial charge in [-0.25, -0.2) is 0 Å². The second kappa shape index (κ2) is 8.05. The molecule has 0 unspecified atom stereocenters.